The number of nitrogens with zero attached hydrogens (tertiary/aromatic N) is 3. The summed E-state index contributed by atoms with van der Waals surface area (Å²) in [5.74, 6) is 0.116. The second kappa shape index (κ2) is 9.45. The Hall–Kier alpha value is -1.57. The smallest absolute Gasteiger partial charge is 0.191 e. The first-order valence-corrected chi connectivity index (χ1v) is 7.20. The van der Waals surface area contributed by atoms with Gasteiger partial charge in [-0.15, -0.1) is 12.4 Å². The van der Waals surface area contributed by atoms with Crippen LogP contribution in [-0.2, 0) is 4.84 Å². The van der Waals surface area contributed by atoms with E-state index in [-0.39, 0.29) is 24.8 Å². The maximum atomic E-state index is 11.1. The molecule has 0 amide bonds. The highest BCUT2D eigenvalue weighted by Crippen LogP contribution is 2.09. The maximum absolute atomic E-state index is 11.1. The number of aliphatic hydroxyl groups excluding tert-OH is 1. The first kappa shape index (κ1) is 18.5. The quantitative estimate of drug-likeness (QED) is 0.256. The fraction of sp³-hybridized carbons (Fsp3) is 0.571. The number of hydrogen-bond acceptors (Lipinski definition) is 5. The third-order valence-electron chi connectivity index (χ3n) is 3.42. The Kier molecular flexibility index (Phi) is 7.94. The number of aliphatic hydroxyl groups is 1. The van der Waals surface area contributed by atoms with Gasteiger partial charge in [-0.1, -0.05) is 11.6 Å². The van der Waals surface area contributed by atoms with Crippen molar-refractivity contribution in [3.63, 3.8) is 0 Å². The van der Waals surface area contributed by atoms with Crippen molar-refractivity contribution < 1.29 is 14.7 Å². The fourth-order valence-electron chi connectivity index (χ4n) is 2.34. The number of amidine groups is 1. The van der Waals surface area contributed by atoms with Gasteiger partial charge in [0.05, 0.1) is 5.56 Å². The van der Waals surface area contributed by atoms with Crippen molar-refractivity contribution in [1.82, 2.24) is 4.90 Å². The largest absolute Gasteiger partial charge is 0.619 e. The normalized spacial score (nSPS) is 17.6. The lowest BCUT2D eigenvalue weighted by Gasteiger charge is -2.27. The van der Waals surface area contributed by atoms with Crippen LogP contribution >= 0.6 is 12.4 Å². The lowest BCUT2D eigenvalue weighted by molar-refractivity contribution is -0.605. The van der Waals surface area contributed by atoms with E-state index < -0.39 is 6.10 Å². The average Bonchev–Trinajstić information content (AvgIpc) is 2.48. The highest BCUT2D eigenvalue weighted by Gasteiger charge is 2.15. The zero-order chi connectivity index (χ0) is 15.1. The molecule has 1 aliphatic rings. The summed E-state index contributed by atoms with van der Waals surface area (Å²) in [6, 6.07) is 3.25. The molecule has 0 radical (unpaired) electrons. The molecular formula is C14H23ClN4O3. The topological polar surface area (TPSA) is 98.0 Å². The molecule has 3 N–H and O–H groups in total. The number of halogens is 1. The summed E-state index contributed by atoms with van der Waals surface area (Å²) in [6.45, 7) is 2.72. The van der Waals surface area contributed by atoms with Crippen LogP contribution in [0.2, 0.25) is 0 Å². The lowest BCUT2D eigenvalue weighted by atomic mass is 10.1. The minimum absolute atomic E-state index is 0. The van der Waals surface area contributed by atoms with Crippen molar-refractivity contribution >= 4 is 18.2 Å². The second-order valence-electron chi connectivity index (χ2n) is 5.24. The Morgan fingerprint density at radius 3 is 2.86 bits per heavy atom. The van der Waals surface area contributed by atoms with Gasteiger partial charge in [-0.25, -0.2) is 0 Å². The summed E-state index contributed by atoms with van der Waals surface area (Å²) in [4.78, 5) is 7.29. The van der Waals surface area contributed by atoms with Crippen LogP contribution in [0, 0.1) is 5.21 Å². The summed E-state index contributed by atoms with van der Waals surface area (Å²) in [7, 11) is 0. The van der Waals surface area contributed by atoms with E-state index in [2.05, 4.69) is 10.1 Å². The summed E-state index contributed by atoms with van der Waals surface area (Å²) < 4.78 is 0.642. The monoisotopic (exact) mass is 330 g/mol. The summed E-state index contributed by atoms with van der Waals surface area (Å²) in [5.41, 5.74) is 6.20. The molecule has 2 heterocycles. The van der Waals surface area contributed by atoms with Crippen LogP contribution in [0.15, 0.2) is 29.7 Å². The number of aromatic nitrogens is 1. The van der Waals surface area contributed by atoms with Gasteiger partial charge in [0.25, 0.3) is 0 Å². The van der Waals surface area contributed by atoms with Gasteiger partial charge in [0.1, 0.15) is 12.7 Å². The van der Waals surface area contributed by atoms with Gasteiger partial charge < -0.3 is 25.8 Å². The predicted molar refractivity (Wildman–Crippen MR) is 85.6 cm³/mol. The van der Waals surface area contributed by atoms with Crippen molar-refractivity contribution in [3.05, 3.63) is 35.3 Å². The minimum atomic E-state index is -0.597. The van der Waals surface area contributed by atoms with Crippen LogP contribution in [0.25, 0.3) is 0 Å². The molecule has 0 spiro atoms. The number of hydrogen-bond donors (Lipinski definition) is 2. The standard InChI is InChI=1S/C14H22N4O3.ClH/c15-14(12-5-4-8-18(20)9-12)16-21-11-13(19)10-17-6-2-1-3-7-17;/h4-5,8-9,13,19H,1-3,6-7,10-11H2,(H2,15,16);1H/t13-;/m0./s1. The van der Waals surface area contributed by atoms with E-state index in [1.165, 1.54) is 31.7 Å². The summed E-state index contributed by atoms with van der Waals surface area (Å²) in [6.07, 6.45) is 5.71. The van der Waals surface area contributed by atoms with Gasteiger partial charge in [-0.05, 0) is 32.0 Å². The molecule has 7 nitrogen and oxygen atoms in total. The van der Waals surface area contributed by atoms with Crippen LogP contribution in [-0.4, -0.2) is 48.2 Å². The molecule has 0 unspecified atom stereocenters. The lowest BCUT2D eigenvalue weighted by Crippen LogP contribution is -2.38. The van der Waals surface area contributed by atoms with Gasteiger partial charge >= 0.3 is 0 Å². The number of oxime groups is 1. The molecule has 0 bridgehead atoms. The molecule has 1 aromatic heterocycles. The molecule has 0 saturated carbocycles. The predicted octanol–water partition coefficient (Wildman–Crippen LogP) is 0.225. The van der Waals surface area contributed by atoms with E-state index >= 15 is 0 Å². The zero-order valence-corrected chi connectivity index (χ0v) is 13.2. The molecule has 1 aliphatic heterocycles. The van der Waals surface area contributed by atoms with Crippen LogP contribution in [0.4, 0.5) is 0 Å². The van der Waals surface area contributed by atoms with Crippen molar-refractivity contribution in [2.24, 2.45) is 10.9 Å². The minimum Gasteiger partial charge on any atom is -0.619 e. The van der Waals surface area contributed by atoms with Crippen LogP contribution in [0.1, 0.15) is 24.8 Å². The maximum Gasteiger partial charge on any atom is 0.191 e. The van der Waals surface area contributed by atoms with Crippen LogP contribution in [0.5, 0.6) is 0 Å². The van der Waals surface area contributed by atoms with Crippen molar-refractivity contribution in [1.29, 1.82) is 0 Å². The molecule has 1 saturated heterocycles. The molecule has 2 rings (SSSR count). The third kappa shape index (κ3) is 6.05. The molecule has 0 aliphatic carbocycles. The fourth-order valence-corrected chi connectivity index (χ4v) is 2.34. The first-order chi connectivity index (χ1) is 10.1. The Labute approximate surface area is 136 Å². The van der Waals surface area contributed by atoms with E-state index in [9.17, 15) is 10.3 Å². The molecule has 22 heavy (non-hydrogen) atoms. The second-order valence-corrected chi connectivity index (χ2v) is 5.24. The Bertz CT molecular complexity index is 481. The van der Waals surface area contributed by atoms with E-state index in [1.54, 1.807) is 12.1 Å². The number of piperidine rings is 1. The number of likely N-dealkylation sites (tertiary alicyclic amines) is 1. The Morgan fingerprint density at radius 1 is 1.45 bits per heavy atom. The molecule has 124 valence electrons. The highest BCUT2D eigenvalue weighted by atomic mass is 35.5. The molecule has 8 heteroatoms. The molecule has 1 atom stereocenters. The summed E-state index contributed by atoms with van der Waals surface area (Å²) in [5, 5.41) is 24.7. The number of rotatable bonds is 6. The van der Waals surface area contributed by atoms with Gasteiger partial charge in [-0.3, -0.25) is 0 Å². The molecular weight excluding hydrogens is 308 g/mol. The third-order valence-corrected chi connectivity index (χ3v) is 3.42. The van der Waals surface area contributed by atoms with Crippen molar-refractivity contribution in [3.8, 4) is 0 Å². The first-order valence-electron chi connectivity index (χ1n) is 7.20. The SMILES string of the molecule is Cl.NC(=NOC[C@@H](O)CN1CCCCC1)c1ccc[n+]([O-])c1. The van der Waals surface area contributed by atoms with E-state index in [4.69, 9.17) is 10.6 Å². The molecule has 1 fully saturated rings. The Balaban J connectivity index is 0.00000242. The zero-order valence-electron chi connectivity index (χ0n) is 12.4. The van der Waals surface area contributed by atoms with Crippen molar-refractivity contribution in [2.45, 2.75) is 25.4 Å². The van der Waals surface area contributed by atoms with Crippen LogP contribution in [0.3, 0.4) is 0 Å². The highest BCUT2D eigenvalue weighted by molar-refractivity contribution is 5.96. The van der Waals surface area contributed by atoms with Crippen molar-refractivity contribution in [2.75, 3.05) is 26.2 Å². The van der Waals surface area contributed by atoms with Gasteiger partial charge in [0.2, 0.25) is 0 Å². The van der Waals surface area contributed by atoms with Gasteiger partial charge in [0, 0.05) is 12.6 Å². The molecule has 0 aromatic carbocycles. The summed E-state index contributed by atoms with van der Waals surface area (Å²) >= 11 is 0. The van der Waals surface area contributed by atoms with E-state index in [0.717, 1.165) is 13.1 Å². The van der Waals surface area contributed by atoms with Gasteiger partial charge in [0.15, 0.2) is 18.2 Å². The number of pyridine rings is 1. The van der Waals surface area contributed by atoms with E-state index in [0.29, 0.717) is 16.8 Å². The van der Waals surface area contributed by atoms with E-state index in [1.807, 2.05) is 0 Å². The van der Waals surface area contributed by atoms with Crippen LogP contribution < -0.4 is 10.5 Å². The number of β-amino-alcohol motifs (C(OH)–C–C–N with tert-alkyl or cyclic N) is 1. The number of nitrogens with two attached hydrogens (primary N) is 1. The molecule has 1 aromatic rings. The Morgan fingerprint density at radius 2 is 2.18 bits per heavy atom. The average molecular weight is 331 g/mol. The van der Waals surface area contributed by atoms with Gasteiger partial charge in [-0.2, -0.15) is 4.73 Å².